The molecule has 0 saturated carbocycles. The van der Waals surface area contributed by atoms with Gasteiger partial charge in [-0.15, -0.1) is 11.3 Å². The van der Waals surface area contributed by atoms with Crippen LogP contribution in [-0.2, 0) is 73.2 Å². The molecule has 1 aromatic carbocycles. The number of carbonyl (C=O) groups excluding carboxylic acids is 6. The zero-order valence-corrected chi connectivity index (χ0v) is 56.0. The summed E-state index contributed by atoms with van der Waals surface area (Å²) in [5.41, 5.74) is 1.04. The molecular weight excluding hydrogens is 1200 g/mol. The molecule has 2 aromatic rings. The van der Waals surface area contributed by atoms with Gasteiger partial charge in [0.2, 0.25) is 29.5 Å². The van der Waals surface area contributed by atoms with Crippen LogP contribution in [0.4, 0.5) is 0 Å². The van der Waals surface area contributed by atoms with E-state index in [9.17, 15) is 59.1 Å². The Kier molecular flexibility index (Phi) is 29.1. The molecule has 91 heavy (non-hydrogen) atoms. The maximum atomic E-state index is 14.9. The summed E-state index contributed by atoms with van der Waals surface area (Å²) in [7, 11) is 6.02. The number of likely N-dealkylation sites (N-methyl/N-ethyl adjacent to an activating group) is 2. The molecular formula is C63H100N8O19S. The van der Waals surface area contributed by atoms with Crippen molar-refractivity contribution in [3.05, 3.63) is 52.5 Å². The number of methoxy groups -OCH3 is 2. The molecule has 0 radical (unpaired) electrons. The highest BCUT2D eigenvalue weighted by Crippen LogP contribution is 2.35. The van der Waals surface area contributed by atoms with Gasteiger partial charge < -0.3 is 89.4 Å². The molecule has 19 atom stereocenters. The molecule has 0 spiro atoms. The third-order valence-corrected chi connectivity index (χ3v) is 18.6. The third kappa shape index (κ3) is 19.6. The fourth-order valence-electron chi connectivity index (χ4n) is 12.0. The van der Waals surface area contributed by atoms with Gasteiger partial charge in [0.05, 0.1) is 73.7 Å². The SMILES string of the molecule is CCC(C)C(C(CC(=O)N1CCCC1C(OC)C(C)C(=O)NC(Cc1ccccc1)c1nccs1)OC)N(C)C(=O)C(NC(=O)C(C(C)C)N(C)C(=O)CO/N=C/C1OC(OCC2OC(OC(C)C(C)C)C(O)C(O)C2O)(C(=O)O)CC(O)C1NC(C)=O)C(C)C. The third-order valence-electron chi connectivity index (χ3n) is 17.7. The predicted molar refractivity (Wildman–Crippen MR) is 333 cm³/mol. The molecule has 0 aliphatic carbocycles. The first-order valence-electron chi connectivity index (χ1n) is 31.4. The van der Waals surface area contributed by atoms with Crippen LogP contribution in [0.2, 0.25) is 0 Å². The van der Waals surface area contributed by atoms with E-state index < -0.39 is 164 Å². The number of nitrogens with zero attached hydrogens (tertiary/aromatic N) is 5. The van der Waals surface area contributed by atoms with Gasteiger partial charge in [0.15, 0.2) is 12.9 Å². The number of rotatable bonds is 33. The highest BCUT2D eigenvalue weighted by Gasteiger charge is 2.55. The first kappa shape index (κ1) is 75.9. The largest absolute Gasteiger partial charge is 0.477 e. The number of aliphatic hydroxyl groups excluding tert-OH is 4. The number of carboxylic acids is 1. The van der Waals surface area contributed by atoms with Crippen molar-refractivity contribution < 1.29 is 92.4 Å². The molecule has 6 amide bonds. The predicted octanol–water partition coefficient (Wildman–Crippen LogP) is 2.41. The van der Waals surface area contributed by atoms with Gasteiger partial charge in [0.25, 0.3) is 11.7 Å². The lowest BCUT2D eigenvalue weighted by Gasteiger charge is -2.45. The monoisotopic (exact) mass is 1300 g/mol. The lowest BCUT2D eigenvalue weighted by Crippen LogP contribution is -2.65. The Hall–Kier alpha value is -5.79. The number of benzene rings is 1. The van der Waals surface area contributed by atoms with Crippen molar-refractivity contribution in [3.8, 4) is 0 Å². The van der Waals surface area contributed by atoms with Crippen molar-refractivity contribution in [1.82, 2.24) is 35.6 Å². The molecule has 3 aliphatic heterocycles. The number of thiazole rings is 1. The van der Waals surface area contributed by atoms with Gasteiger partial charge in [0, 0.05) is 59.8 Å². The average molecular weight is 1310 g/mol. The number of aliphatic hydroxyl groups is 4. The summed E-state index contributed by atoms with van der Waals surface area (Å²) in [4.78, 5) is 111. The van der Waals surface area contributed by atoms with E-state index in [1.165, 1.54) is 30.4 Å². The Morgan fingerprint density at radius 1 is 0.890 bits per heavy atom. The number of hydrogen-bond acceptors (Lipinski definition) is 21. The summed E-state index contributed by atoms with van der Waals surface area (Å²) in [5, 5.41) is 68.9. The van der Waals surface area contributed by atoms with Crippen molar-refractivity contribution in [2.75, 3.05) is 48.1 Å². The van der Waals surface area contributed by atoms with E-state index in [1.807, 2.05) is 63.4 Å². The van der Waals surface area contributed by atoms with Crippen LogP contribution in [0.5, 0.6) is 0 Å². The molecule has 3 aliphatic rings. The van der Waals surface area contributed by atoms with Crippen LogP contribution in [0.25, 0.3) is 0 Å². The van der Waals surface area contributed by atoms with E-state index >= 15 is 0 Å². The Balaban J connectivity index is 1.25. The molecule has 8 N–H and O–H groups in total. The standard InChI is InChI=1S/C63H100N8O19S/c1-16-36(8)52(44(84-14)28-47(74)71-25-20-23-42(71)56(85-15)37(9)57(79)67-41(59-64-24-26-91-59)27-40-21-18-17-19-22-40)70(13)60(81)49(34(4)5)68-58(80)51(35(6)7)69(12)48(75)32-87-65-30-45-50(66-39(11)72)43(73)29-63(90-45,62(82)83)86-31-46-53(76)54(77)55(78)61(89-46)88-38(10)33(2)3/h17-19,21-22,24,26,30,33-38,41-46,49-56,61,73,76-78H,16,20,23,25,27-29,31-32H2,1-15H3,(H,66,72)(H,67,79)(H,68,80)(H,82,83)/b65-30+. The quantitative estimate of drug-likeness (QED) is 0.0376. The molecule has 0 bridgehead atoms. The van der Waals surface area contributed by atoms with Gasteiger partial charge in [-0.3, -0.25) is 28.8 Å². The number of nitrogens with one attached hydrogen (secondary N) is 3. The summed E-state index contributed by atoms with van der Waals surface area (Å²) in [6.45, 7) is 18.1. The summed E-state index contributed by atoms with van der Waals surface area (Å²) in [6.07, 6.45) is -9.17. The molecule has 512 valence electrons. The number of carbonyl (C=O) groups is 7. The van der Waals surface area contributed by atoms with Crippen molar-refractivity contribution in [1.29, 1.82) is 0 Å². The number of aromatic nitrogens is 1. The summed E-state index contributed by atoms with van der Waals surface area (Å²) in [6, 6.07) is 4.76. The van der Waals surface area contributed by atoms with Gasteiger partial charge in [0.1, 0.15) is 47.6 Å². The van der Waals surface area contributed by atoms with Gasteiger partial charge in [-0.05, 0) is 55.4 Å². The van der Waals surface area contributed by atoms with Crippen LogP contribution in [-0.4, -0.2) is 238 Å². The minimum Gasteiger partial charge on any atom is -0.477 e. The molecule has 3 saturated heterocycles. The van der Waals surface area contributed by atoms with Crippen molar-refractivity contribution >= 4 is 59.0 Å². The van der Waals surface area contributed by atoms with E-state index in [-0.39, 0.29) is 36.1 Å². The fourth-order valence-corrected chi connectivity index (χ4v) is 12.6. The maximum Gasteiger partial charge on any atom is 0.364 e. The minimum absolute atomic E-state index is 0.0374. The minimum atomic E-state index is -2.68. The number of ether oxygens (including phenoxy) is 6. The molecule has 4 heterocycles. The first-order chi connectivity index (χ1) is 42.9. The summed E-state index contributed by atoms with van der Waals surface area (Å²) < 4.78 is 35.3. The van der Waals surface area contributed by atoms with Crippen LogP contribution < -0.4 is 16.0 Å². The summed E-state index contributed by atoms with van der Waals surface area (Å²) in [5.74, 6) is -9.27. The number of likely N-dealkylation sites (tertiary alicyclic amines) is 1. The smallest absolute Gasteiger partial charge is 0.364 e. The van der Waals surface area contributed by atoms with E-state index in [2.05, 4.69) is 26.1 Å². The summed E-state index contributed by atoms with van der Waals surface area (Å²) >= 11 is 1.46. The zero-order valence-electron chi connectivity index (χ0n) is 55.2. The van der Waals surface area contributed by atoms with Gasteiger partial charge >= 0.3 is 5.97 Å². The number of aliphatic carboxylic acids is 1. The normalized spacial score (nSPS) is 26.7. The van der Waals surface area contributed by atoms with Gasteiger partial charge in [-0.1, -0.05) is 104 Å². The highest BCUT2D eigenvalue weighted by molar-refractivity contribution is 7.09. The highest BCUT2D eigenvalue weighted by atomic mass is 32.1. The molecule has 3 fully saturated rings. The number of oxime groups is 1. The second-order valence-corrected chi connectivity index (χ2v) is 26.1. The Morgan fingerprint density at radius 2 is 1.57 bits per heavy atom. The molecule has 19 unspecified atom stereocenters. The number of amides is 6. The van der Waals surface area contributed by atoms with Gasteiger partial charge in [-0.2, -0.15) is 0 Å². The Morgan fingerprint density at radius 3 is 2.14 bits per heavy atom. The van der Waals surface area contributed by atoms with Crippen LogP contribution in [0.15, 0.2) is 47.1 Å². The second-order valence-electron chi connectivity index (χ2n) is 25.2. The first-order valence-corrected chi connectivity index (χ1v) is 32.2. The lowest BCUT2D eigenvalue weighted by molar-refractivity contribution is -0.334. The van der Waals surface area contributed by atoms with Crippen molar-refractivity contribution in [2.24, 2.45) is 34.7 Å². The zero-order chi connectivity index (χ0) is 67.8. The molecule has 28 heteroatoms. The molecule has 5 rings (SSSR count). The second kappa shape index (κ2) is 34.9. The maximum absolute atomic E-state index is 14.9. The average Bonchev–Trinajstić information content (AvgIpc) is 1.20. The molecule has 1 aromatic heterocycles. The topological polar surface area (TPSA) is 356 Å². The van der Waals surface area contributed by atoms with E-state index in [4.69, 9.17) is 33.3 Å². The van der Waals surface area contributed by atoms with Crippen LogP contribution in [0.3, 0.4) is 0 Å². The van der Waals surface area contributed by atoms with Crippen LogP contribution in [0, 0.1) is 29.6 Å². The van der Waals surface area contributed by atoms with Gasteiger partial charge in [-0.25, -0.2) is 9.78 Å². The Bertz CT molecular complexity index is 2700. The van der Waals surface area contributed by atoms with E-state index in [0.717, 1.165) is 28.6 Å². The van der Waals surface area contributed by atoms with E-state index in [0.29, 0.717) is 32.2 Å². The van der Waals surface area contributed by atoms with E-state index in [1.54, 1.807) is 66.8 Å². The van der Waals surface area contributed by atoms with Crippen molar-refractivity contribution in [3.63, 3.8) is 0 Å². The van der Waals surface area contributed by atoms with Crippen molar-refractivity contribution in [2.45, 2.75) is 218 Å². The van der Waals surface area contributed by atoms with Crippen LogP contribution in [0.1, 0.15) is 125 Å². The molecule has 27 nitrogen and oxygen atoms in total. The number of carboxylic acid groups (broad SMARTS) is 1. The Labute approximate surface area is 538 Å². The number of hydrogen-bond donors (Lipinski definition) is 8. The fraction of sp³-hybridized carbons (Fsp3) is 0.730. The lowest BCUT2D eigenvalue weighted by atomic mass is 9.89. The van der Waals surface area contributed by atoms with Crippen LogP contribution >= 0.6 is 11.3 Å².